The van der Waals surface area contributed by atoms with Gasteiger partial charge in [-0.15, -0.1) is 12.4 Å². The molecule has 1 aliphatic rings. The number of urea groups is 1. The number of rotatable bonds is 2. The number of carbonyl (C=O) groups excluding carboxylic acids is 3. The number of anilines is 2. The van der Waals surface area contributed by atoms with E-state index in [-0.39, 0.29) is 30.6 Å². The van der Waals surface area contributed by atoms with Crippen molar-refractivity contribution in [3.05, 3.63) is 18.3 Å². The first kappa shape index (κ1) is 14.9. The van der Waals surface area contributed by atoms with Gasteiger partial charge in [-0.05, 0) is 6.07 Å². The van der Waals surface area contributed by atoms with E-state index in [9.17, 15) is 14.4 Å². The van der Waals surface area contributed by atoms with Gasteiger partial charge in [0.15, 0.2) is 0 Å². The van der Waals surface area contributed by atoms with Crippen molar-refractivity contribution in [1.82, 2.24) is 10.3 Å². The molecule has 7 nitrogen and oxygen atoms in total. The standard InChI is InChI=1S/C11H12N4O3.ClH/c1-7(16)13-9-6-8(2-4-12-9)15-5-3-10(17)14-11(15)18;/h2,4,6H,3,5H2,1H3,(H,12,13,16)(H,14,17,18);1H. The Morgan fingerprint density at radius 1 is 1.47 bits per heavy atom. The molecular formula is C11H13ClN4O3. The van der Waals surface area contributed by atoms with Crippen molar-refractivity contribution in [3.63, 3.8) is 0 Å². The Balaban J connectivity index is 0.00000180. The first-order chi connectivity index (χ1) is 8.56. The molecule has 0 bridgehead atoms. The van der Waals surface area contributed by atoms with Crippen LogP contribution in [0.2, 0.25) is 0 Å². The lowest BCUT2D eigenvalue weighted by atomic mass is 10.2. The van der Waals surface area contributed by atoms with Crippen molar-refractivity contribution in [3.8, 4) is 0 Å². The van der Waals surface area contributed by atoms with Gasteiger partial charge in [0.25, 0.3) is 0 Å². The third-order valence-electron chi connectivity index (χ3n) is 2.41. The summed E-state index contributed by atoms with van der Waals surface area (Å²) in [4.78, 5) is 39.0. The van der Waals surface area contributed by atoms with E-state index in [4.69, 9.17) is 0 Å². The van der Waals surface area contributed by atoms with Gasteiger partial charge in [-0.2, -0.15) is 0 Å². The highest BCUT2D eigenvalue weighted by atomic mass is 35.5. The number of pyridine rings is 1. The number of amides is 4. The zero-order chi connectivity index (χ0) is 13.1. The maximum absolute atomic E-state index is 11.6. The Kier molecular flexibility index (Phi) is 4.82. The fraction of sp³-hybridized carbons (Fsp3) is 0.273. The van der Waals surface area contributed by atoms with E-state index in [0.717, 1.165) is 0 Å². The fourth-order valence-electron chi connectivity index (χ4n) is 1.65. The lowest BCUT2D eigenvalue weighted by Gasteiger charge is -2.26. The van der Waals surface area contributed by atoms with Crippen LogP contribution in [-0.4, -0.2) is 29.4 Å². The van der Waals surface area contributed by atoms with E-state index >= 15 is 0 Å². The van der Waals surface area contributed by atoms with Crippen LogP contribution >= 0.6 is 12.4 Å². The number of hydrogen-bond donors (Lipinski definition) is 2. The van der Waals surface area contributed by atoms with Crippen molar-refractivity contribution in [2.75, 3.05) is 16.8 Å². The summed E-state index contributed by atoms with van der Waals surface area (Å²) in [5, 5.41) is 4.76. The van der Waals surface area contributed by atoms with Crippen molar-refractivity contribution in [2.45, 2.75) is 13.3 Å². The van der Waals surface area contributed by atoms with Crippen molar-refractivity contribution in [1.29, 1.82) is 0 Å². The quantitative estimate of drug-likeness (QED) is 0.844. The van der Waals surface area contributed by atoms with Gasteiger partial charge in [-0.25, -0.2) is 9.78 Å². The molecule has 2 heterocycles. The third kappa shape index (κ3) is 3.65. The maximum Gasteiger partial charge on any atom is 0.328 e. The molecular weight excluding hydrogens is 272 g/mol. The Morgan fingerprint density at radius 3 is 2.84 bits per heavy atom. The second-order valence-corrected chi connectivity index (χ2v) is 3.84. The van der Waals surface area contributed by atoms with E-state index in [1.807, 2.05) is 0 Å². The molecule has 1 aromatic rings. The van der Waals surface area contributed by atoms with Crippen LogP contribution in [0.5, 0.6) is 0 Å². The van der Waals surface area contributed by atoms with E-state index in [1.54, 1.807) is 12.1 Å². The summed E-state index contributed by atoms with van der Waals surface area (Å²) in [6.07, 6.45) is 1.74. The van der Waals surface area contributed by atoms with Gasteiger partial charge in [0, 0.05) is 32.2 Å². The maximum atomic E-state index is 11.6. The van der Waals surface area contributed by atoms with Crippen LogP contribution in [-0.2, 0) is 9.59 Å². The van der Waals surface area contributed by atoms with Crippen LogP contribution in [0.15, 0.2) is 18.3 Å². The molecule has 0 aromatic carbocycles. The summed E-state index contributed by atoms with van der Waals surface area (Å²) < 4.78 is 0. The summed E-state index contributed by atoms with van der Waals surface area (Å²) >= 11 is 0. The molecule has 102 valence electrons. The number of carbonyl (C=O) groups is 3. The molecule has 0 spiro atoms. The molecule has 1 aromatic heterocycles. The topological polar surface area (TPSA) is 91.4 Å². The molecule has 0 aliphatic carbocycles. The largest absolute Gasteiger partial charge is 0.328 e. The van der Waals surface area contributed by atoms with E-state index in [1.165, 1.54) is 18.0 Å². The summed E-state index contributed by atoms with van der Waals surface area (Å²) in [5.41, 5.74) is 0.582. The minimum Gasteiger partial charge on any atom is -0.311 e. The SMILES string of the molecule is CC(=O)Nc1cc(N2CCC(=O)NC2=O)ccn1.Cl. The second kappa shape index (κ2) is 6.14. The minimum atomic E-state index is -0.466. The van der Waals surface area contributed by atoms with Crippen molar-refractivity contribution >= 4 is 41.8 Å². The predicted octanol–water partition coefficient (Wildman–Crippen LogP) is 0.908. The number of halogens is 1. The van der Waals surface area contributed by atoms with Gasteiger partial charge in [0.05, 0.1) is 5.69 Å². The number of nitrogens with zero attached hydrogens (tertiary/aromatic N) is 2. The Morgan fingerprint density at radius 2 is 2.21 bits per heavy atom. The Bertz CT molecular complexity index is 520. The number of aromatic nitrogens is 1. The van der Waals surface area contributed by atoms with Gasteiger partial charge in [-0.3, -0.25) is 19.8 Å². The molecule has 0 radical (unpaired) electrons. The first-order valence-electron chi connectivity index (χ1n) is 5.41. The predicted molar refractivity (Wildman–Crippen MR) is 71.3 cm³/mol. The van der Waals surface area contributed by atoms with Crippen LogP contribution in [0.1, 0.15) is 13.3 Å². The normalized spacial score (nSPS) is 14.5. The van der Waals surface area contributed by atoms with Gasteiger partial charge in [-0.1, -0.05) is 0 Å². The van der Waals surface area contributed by atoms with Gasteiger partial charge < -0.3 is 5.32 Å². The van der Waals surface area contributed by atoms with Gasteiger partial charge >= 0.3 is 6.03 Å². The van der Waals surface area contributed by atoms with Crippen LogP contribution in [0.25, 0.3) is 0 Å². The summed E-state index contributed by atoms with van der Waals surface area (Å²) in [7, 11) is 0. The minimum absolute atomic E-state index is 0. The molecule has 1 saturated heterocycles. The molecule has 2 rings (SSSR count). The van der Waals surface area contributed by atoms with E-state index < -0.39 is 6.03 Å². The van der Waals surface area contributed by atoms with E-state index in [0.29, 0.717) is 18.1 Å². The zero-order valence-electron chi connectivity index (χ0n) is 10.2. The highest BCUT2D eigenvalue weighted by Crippen LogP contribution is 2.19. The Hall–Kier alpha value is -2.15. The smallest absolute Gasteiger partial charge is 0.311 e. The lowest BCUT2D eigenvalue weighted by molar-refractivity contribution is -0.120. The molecule has 1 fully saturated rings. The van der Waals surface area contributed by atoms with Crippen molar-refractivity contribution < 1.29 is 14.4 Å². The molecule has 8 heteroatoms. The number of hydrogen-bond acceptors (Lipinski definition) is 4. The number of imide groups is 1. The van der Waals surface area contributed by atoms with Crippen LogP contribution < -0.4 is 15.5 Å². The molecule has 4 amide bonds. The molecule has 1 aliphatic heterocycles. The zero-order valence-corrected chi connectivity index (χ0v) is 11.0. The average molecular weight is 285 g/mol. The fourth-order valence-corrected chi connectivity index (χ4v) is 1.65. The third-order valence-corrected chi connectivity index (χ3v) is 2.41. The molecule has 0 unspecified atom stereocenters. The summed E-state index contributed by atoms with van der Waals surface area (Å²) in [6.45, 7) is 1.69. The second-order valence-electron chi connectivity index (χ2n) is 3.84. The molecule has 0 saturated carbocycles. The highest BCUT2D eigenvalue weighted by Gasteiger charge is 2.24. The summed E-state index contributed by atoms with van der Waals surface area (Å²) in [6, 6.07) is 2.75. The average Bonchev–Trinajstić information content (AvgIpc) is 2.28. The first-order valence-corrected chi connectivity index (χ1v) is 5.41. The van der Waals surface area contributed by atoms with Crippen LogP contribution in [0.3, 0.4) is 0 Å². The molecule has 19 heavy (non-hydrogen) atoms. The van der Waals surface area contributed by atoms with Crippen LogP contribution in [0, 0.1) is 0 Å². The molecule has 0 atom stereocenters. The summed E-state index contributed by atoms with van der Waals surface area (Å²) in [5.74, 6) is -0.157. The Labute approximate surface area is 115 Å². The van der Waals surface area contributed by atoms with Gasteiger partial charge in [0.2, 0.25) is 11.8 Å². The monoisotopic (exact) mass is 284 g/mol. The van der Waals surface area contributed by atoms with Crippen LogP contribution in [0.4, 0.5) is 16.3 Å². The highest BCUT2D eigenvalue weighted by molar-refractivity contribution is 6.05. The van der Waals surface area contributed by atoms with E-state index in [2.05, 4.69) is 15.6 Å². The van der Waals surface area contributed by atoms with Crippen molar-refractivity contribution in [2.24, 2.45) is 0 Å². The lowest BCUT2D eigenvalue weighted by Crippen LogP contribution is -2.49. The number of nitrogens with one attached hydrogen (secondary N) is 2. The van der Waals surface area contributed by atoms with Gasteiger partial charge in [0.1, 0.15) is 5.82 Å². The molecule has 2 N–H and O–H groups in total.